The summed E-state index contributed by atoms with van der Waals surface area (Å²) in [5.74, 6) is -0.349. The number of nitrogens with two attached hydrogens (primary N) is 1. The van der Waals surface area contributed by atoms with Crippen LogP contribution in [0.5, 0.6) is 11.5 Å². The first-order chi connectivity index (χ1) is 7.09. The van der Waals surface area contributed by atoms with Crippen molar-refractivity contribution in [2.24, 2.45) is 5.73 Å². The molecule has 0 aromatic heterocycles. The van der Waals surface area contributed by atoms with E-state index in [0.29, 0.717) is 5.56 Å². The van der Waals surface area contributed by atoms with Gasteiger partial charge in [-0.3, -0.25) is 0 Å². The molecule has 1 aromatic rings. The number of phenolic OH excluding ortho intramolecular Hbond substituents is 2. The summed E-state index contributed by atoms with van der Waals surface area (Å²) in [7, 11) is 0. The minimum atomic E-state index is -0.756. The van der Waals surface area contributed by atoms with E-state index in [-0.39, 0.29) is 17.5 Å². The molecule has 2 unspecified atom stereocenters. The SMILES string of the molecule is NC1CCCc2cc(O)c(O)cc2C1O. The highest BCUT2D eigenvalue weighted by atomic mass is 16.3. The maximum absolute atomic E-state index is 9.91. The zero-order valence-electron chi connectivity index (χ0n) is 8.35. The van der Waals surface area contributed by atoms with Gasteiger partial charge in [-0.25, -0.2) is 0 Å². The lowest BCUT2D eigenvalue weighted by Gasteiger charge is -2.17. The van der Waals surface area contributed by atoms with E-state index in [9.17, 15) is 15.3 Å². The van der Waals surface area contributed by atoms with Crippen molar-refractivity contribution in [1.29, 1.82) is 0 Å². The van der Waals surface area contributed by atoms with Crippen LogP contribution in [-0.2, 0) is 6.42 Å². The molecule has 5 N–H and O–H groups in total. The Balaban J connectivity index is 2.49. The van der Waals surface area contributed by atoms with E-state index in [2.05, 4.69) is 0 Å². The van der Waals surface area contributed by atoms with Crippen molar-refractivity contribution < 1.29 is 15.3 Å². The number of aryl methyl sites for hydroxylation is 1. The smallest absolute Gasteiger partial charge is 0.157 e. The van der Waals surface area contributed by atoms with Crippen molar-refractivity contribution in [3.63, 3.8) is 0 Å². The predicted octanol–water partition coefficient (Wildman–Crippen LogP) is 0.795. The summed E-state index contributed by atoms with van der Waals surface area (Å²) in [5.41, 5.74) is 7.29. The molecule has 15 heavy (non-hydrogen) atoms. The number of rotatable bonds is 0. The average Bonchev–Trinajstić information content (AvgIpc) is 2.32. The van der Waals surface area contributed by atoms with Crippen LogP contribution in [0.2, 0.25) is 0 Å². The zero-order chi connectivity index (χ0) is 11.0. The Labute approximate surface area is 88.0 Å². The molecule has 82 valence electrons. The molecule has 0 saturated heterocycles. The third-order valence-electron chi connectivity index (χ3n) is 2.94. The first kappa shape index (κ1) is 10.3. The highest BCUT2D eigenvalue weighted by Crippen LogP contribution is 2.35. The Hall–Kier alpha value is -1.26. The van der Waals surface area contributed by atoms with E-state index in [4.69, 9.17) is 5.73 Å². The van der Waals surface area contributed by atoms with E-state index in [1.165, 1.54) is 12.1 Å². The second kappa shape index (κ2) is 3.72. The fourth-order valence-electron chi connectivity index (χ4n) is 2.04. The number of aliphatic hydroxyl groups is 1. The molecule has 2 rings (SSSR count). The average molecular weight is 209 g/mol. The normalized spacial score (nSPS) is 25.7. The van der Waals surface area contributed by atoms with Crippen molar-refractivity contribution in [3.05, 3.63) is 23.3 Å². The first-order valence-electron chi connectivity index (χ1n) is 5.08. The molecule has 4 nitrogen and oxygen atoms in total. The Morgan fingerprint density at radius 2 is 1.87 bits per heavy atom. The topological polar surface area (TPSA) is 86.7 Å². The molecule has 0 bridgehead atoms. The lowest BCUT2D eigenvalue weighted by atomic mass is 9.98. The van der Waals surface area contributed by atoms with Crippen molar-refractivity contribution in [1.82, 2.24) is 0 Å². The second-order valence-corrected chi connectivity index (χ2v) is 4.04. The minimum absolute atomic E-state index is 0.142. The number of phenols is 2. The summed E-state index contributed by atoms with van der Waals surface area (Å²) in [6, 6.07) is 2.61. The molecule has 0 fully saturated rings. The summed E-state index contributed by atoms with van der Waals surface area (Å²) >= 11 is 0. The van der Waals surface area contributed by atoms with Crippen molar-refractivity contribution in [3.8, 4) is 11.5 Å². The van der Waals surface area contributed by atoms with Gasteiger partial charge < -0.3 is 21.1 Å². The van der Waals surface area contributed by atoms with Crippen LogP contribution in [0.1, 0.15) is 30.1 Å². The van der Waals surface area contributed by atoms with Crippen LogP contribution < -0.4 is 5.73 Å². The number of aromatic hydroxyl groups is 2. The zero-order valence-corrected chi connectivity index (χ0v) is 8.35. The van der Waals surface area contributed by atoms with Crippen molar-refractivity contribution in [2.45, 2.75) is 31.4 Å². The van der Waals surface area contributed by atoms with Crippen LogP contribution in [0.3, 0.4) is 0 Å². The summed E-state index contributed by atoms with van der Waals surface area (Å²) in [6.07, 6.45) is 1.65. The number of aliphatic hydroxyl groups excluding tert-OH is 1. The maximum Gasteiger partial charge on any atom is 0.157 e. The quantitative estimate of drug-likeness (QED) is 0.376. The van der Waals surface area contributed by atoms with E-state index in [1.54, 1.807) is 0 Å². The van der Waals surface area contributed by atoms with E-state index < -0.39 is 6.10 Å². The fourth-order valence-corrected chi connectivity index (χ4v) is 2.04. The number of fused-ring (bicyclic) bond motifs is 1. The van der Waals surface area contributed by atoms with Crippen LogP contribution in [0.25, 0.3) is 0 Å². The van der Waals surface area contributed by atoms with Gasteiger partial charge in [0, 0.05) is 6.04 Å². The van der Waals surface area contributed by atoms with Gasteiger partial charge >= 0.3 is 0 Å². The van der Waals surface area contributed by atoms with Crippen LogP contribution in [0.15, 0.2) is 12.1 Å². The molecule has 2 atom stereocenters. The summed E-state index contributed by atoms with van der Waals surface area (Å²) in [4.78, 5) is 0. The highest BCUT2D eigenvalue weighted by Gasteiger charge is 2.24. The van der Waals surface area contributed by atoms with Crippen molar-refractivity contribution >= 4 is 0 Å². The number of hydrogen-bond donors (Lipinski definition) is 4. The second-order valence-electron chi connectivity index (χ2n) is 4.04. The fraction of sp³-hybridized carbons (Fsp3) is 0.455. The Kier molecular flexibility index (Phi) is 2.54. The van der Waals surface area contributed by atoms with Gasteiger partial charge in [0.15, 0.2) is 11.5 Å². The Morgan fingerprint density at radius 3 is 2.60 bits per heavy atom. The van der Waals surface area contributed by atoms with Gasteiger partial charge in [0.05, 0.1) is 6.10 Å². The third kappa shape index (κ3) is 1.78. The molecule has 0 spiro atoms. The van der Waals surface area contributed by atoms with E-state index in [0.717, 1.165) is 24.8 Å². The molecule has 1 aliphatic rings. The maximum atomic E-state index is 9.91. The lowest BCUT2D eigenvalue weighted by molar-refractivity contribution is 0.144. The molecule has 4 heteroatoms. The van der Waals surface area contributed by atoms with Crippen LogP contribution in [0.4, 0.5) is 0 Å². The molecule has 0 saturated carbocycles. The van der Waals surface area contributed by atoms with Crippen LogP contribution in [-0.4, -0.2) is 21.4 Å². The molecule has 0 radical (unpaired) electrons. The minimum Gasteiger partial charge on any atom is -0.504 e. The highest BCUT2D eigenvalue weighted by molar-refractivity contribution is 5.47. The number of hydrogen-bond acceptors (Lipinski definition) is 4. The van der Waals surface area contributed by atoms with Gasteiger partial charge in [-0.05, 0) is 42.5 Å². The van der Waals surface area contributed by atoms with Crippen LogP contribution >= 0.6 is 0 Å². The summed E-state index contributed by atoms with van der Waals surface area (Å²) in [5, 5.41) is 28.6. The summed E-state index contributed by atoms with van der Waals surface area (Å²) in [6.45, 7) is 0. The van der Waals surface area contributed by atoms with Gasteiger partial charge in [0.2, 0.25) is 0 Å². The van der Waals surface area contributed by atoms with E-state index >= 15 is 0 Å². The molecule has 1 aromatic carbocycles. The molecule has 0 heterocycles. The molecule has 1 aliphatic carbocycles. The Morgan fingerprint density at radius 1 is 1.20 bits per heavy atom. The van der Waals surface area contributed by atoms with E-state index in [1.807, 2.05) is 0 Å². The molecule has 0 aliphatic heterocycles. The summed E-state index contributed by atoms with van der Waals surface area (Å²) < 4.78 is 0. The molecular formula is C11H15NO3. The monoisotopic (exact) mass is 209 g/mol. The van der Waals surface area contributed by atoms with Gasteiger partial charge in [-0.1, -0.05) is 0 Å². The van der Waals surface area contributed by atoms with Crippen LogP contribution in [0, 0.1) is 0 Å². The van der Waals surface area contributed by atoms with Crippen molar-refractivity contribution in [2.75, 3.05) is 0 Å². The largest absolute Gasteiger partial charge is 0.504 e. The molecular weight excluding hydrogens is 194 g/mol. The first-order valence-corrected chi connectivity index (χ1v) is 5.08. The lowest BCUT2D eigenvalue weighted by Crippen LogP contribution is -2.27. The van der Waals surface area contributed by atoms with Gasteiger partial charge in [-0.15, -0.1) is 0 Å². The Bertz CT molecular complexity index is 378. The standard InChI is InChI=1S/C11H15NO3/c12-8-3-1-2-6-4-9(13)10(14)5-7(6)11(8)15/h4-5,8,11,13-15H,1-3,12H2. The van der Waals surface area contributed by atoms with Gasteiger partial charge in [0.25, 0.3) is 0 Å². The molecule has 0 amide bonds. The van der Waals surface area contributed by atoms with Gasteiger partial charge in [0.1, 0.15) is 0 Å². The predicted molar refractivity (Wildman–Crippen MR) is 55.6 cm³/mol. The number of benzene rings is 1. The van der Waals surface area contributed by atoms with Gasteiger partial charge in [-0.2, -0.15) is 0 Å². The third-order valence-corrected chi connectivity index (χ3v) is 2.94.